The summed E-state index contributed by atoms with van der Waals surface area (Å²) < 4.78 is 9.02. The lowest BCUT2D eigenvalue weighted by atomic mass is 10.1. The van der Waals surface area contributed by atoms with Crippen molar-refractivity contribution in [2.45, 2.75) is 38.8 Å². The molecule has 2 atom stereocenters. The van der Waals surface area contributed by atoms with Gasteiger partial charge in [0.25, 0.3) is 5.56 Å². The van der Waals surface area contributed by atoms with Crippen LogP contribution in [0.25, 0.3) is 11.0 Å². The fraction of sp³-hybridized carbons (Fsp3) is 0.292. The average Bonchev–Trinajstić information content (AvgIpc) is 3.13. The SMILES string of the molecule is Cc1cc(=O)n2nc1OCCC(O)Cn1c(nc3ccccc31)NC(O)c1cccc(c1)C2. The fourth-order valence-electron chi connectivity index (χ4n) is 4.02. The number of rotatable bonds is 0. The molecule has 1 aliphatic rings. The molecule has 2 unspecified atom stereocenters. The predicted molar refractivity (Wildman–Crippen MR) is 123 cm³/mol. The van der Waals surface area contributed by atoms with E-state index in [-0.39, 0.29) is 25.3 Å². The van der Waals surface area contributed by atoms with Crippen LogP contribution in [0.1, 0.15) is 29.3 Å². The first-order chi connectivity index (χ1) is 16.0. The molecule has 3 heterocycles. The van der Waals surface area contributed by atoms with Gasteiger partial charge in [-0.15, -0.1) is 5.10 Å². The molecule has 0 saturated heterocycles. The average molecular weight is 447 g/mol. The summed E-state index contributed by atoms with van der Waals surface area (Å²) >= 11 is 0. The molecular weight excluding hydrogens is 422 g/mol. The van der Waals surface area contributed by atoms with E-state index in [1.807, 2.05) is 47.0 Å². The Morgan fingerprint density at radius 2 is 1.97 bits per heavy atom. The van der Waals surface area contributed by atoms with Crippen LogP contribution in [0.4, 0.5) is 5.95 Å². The highest BCUT2D eigenvalue weighted by Crippen LogP contribution is 2.25. The maximum atomic E-state index is 12.5. The second-order valence-electron chi connectivity index (χ2n) is 8.25. The lowest BCUT2D eigenvalue weighted by Gasteiger charge is -2.19. The van der Waals surface area contributed by atoms with Crippen molar-refractivity contribution in [1.82, 2.24) is 19.3 Å². The van der Waals surface area contributed by atoms with E-state index in [9.17, 15) is 15.0 Å². The number of aliphatic hydroxyl groups excluding tert-OH is 2. The Morgan fingerprint density at radius 1 is 1.12 bits per heavy atom. The van der Waals surface area contributed by atoms with Crippen LogP contribution in [0, 0.1) is 6.92 Å². The van der Waals surface area contributed by atoms with Gasteiger partial charge in [-0.1, -0.05) is 30.3 Å². The fourth-order valence-corrected chi connectivity index (χ4v) is 4.02. The number of anilines is 1. The number of nitrogens with zero attached hydrogens (tertiary/aromatic N) is 4. The summed E-state index contributed by atoms with van der Waals surface area (Å²) in [4.78, 5) is 17.1. The highest BCUT2D eigenvalue weighted by Gasteiger charge is 2.18. The van der Waals surface area contributed by atoms with Gasteiger partial charge in [-0.3, -0.25) is 4.79 Å². The van der Waals surface area contributed by atoms with Gasteiger partial charge in [-0.25, -0.2) is 9.67 Å². The summed E-state index contributed by atoms with van der Waals surface area (Å²) in [5.41, 5.74) is 3.45. The molecule has 170 valence electrons. The van der Waals surface area contributed by atoms with E-state index in [1.54, 1.807) is 13.0 Å². The first-order valence-electron chi connectivity index (χ1n) is 10.9. The minimum Gasteiger partial charge on any atom is -0.476 e. The molecular formula is C24H25N5O4. The molecule has 0 saturated carbocycles. The van der Waals surface area contributed by atoms with Gasteiger partial charge in [0.2, 0.25) is 11.8 Å². The Labute approximate surface area is 189 Å². The van der Waals surface area contributed by atoms with Gasteiger partial charge < -0.3 is 24.8 Å². The summed E-state index contributed by atoms with van der Waals surface area (Å²) in [5, 5.41) is 29.1. The smallest absolute Gasteiger partial charge is 0.267 e. The number of imidazole rings is 1. The molecule has 4 bridgehead atoms. The number of hydrogen-bond donors (Lipinski definition) is 3. The second-order valence-corrected chi connectivity index (χ2v) is 8.25. The van der Waals surface area contributed by atoms with Gasteiger partial charge in [0.15, 0.2) is 6.23 Å². The molecule has 0 radical (unpaired) electrons. The molecule has 9 nitrogen and oxygen atoms in total. The van der Waals surface area contributed by atoms with Crippen LogP contribution in [0.15, 0.2) is 59.4 Å². The van der Waals surface area contributed by atoms with E-state index in [1.165, 1.54) is 10.7 Å². The molecule has 2 aromatic carbocycles. The highest BCUT2D eigenvalue weighted by atomic mass is 16.5. The first-order valence-corrected chi connectivity index (χ1v) is 10.9. The molecule has 4 aromatic rings. The van der Waals surface area contributed by atoms with E-state index in [4.69, 9.17) is 4.74 Å². The number of ether oxygens (including phenoxy) is 1. The van der Waals surface area contributed by atoms with Crippen molar-refractivity contribution in [3.8, 4) is 5.88 Å². The molecule has 0 fully saturated rings. The lowest BCUT2D eigenvalue weighted by molar-refractivity contribution is 0.121. The van der Waals surface area contributed by atoms with Crippen LogP contribution in [0.3, 0.4) is 0 Å². The van der Waals surface area contributed by atoms with Crippen LogP contribution in [-0.4, -0.2) is 42.3 Å². The molecule has 0 amide bonds. The number of aromatic nitrogens is 4. The number of hydrogen-bond acceptors (Lipinski definition) is 7. The second kappa shape index (κ2) is 8.68. The number of benzene rings is 2. The summed E-state index contributed by atoms with van der Waals surface area (Å²) in [7, 11) is 0. The van der Waals surface area contributed by atoms with Crippen molar-refractivity contribution in [3.05, 3.63) is 81.6 Å². The van der Waals surface area contributed by atoms with E-state index in [0.717, 1.165) is 16.6 Å². The Balaban J connectivity index is 1.57. The number of fused-ring (bicyclic) bond motifs is 7. The zero-order chi connectivity index (χ0) is 22.9. The minimum atomic E-state index is -1.04. The molecule has 3 N–H and O–H groups in total. The molecule has 1 aliphatic heterocycles. The molecule has 0 aliphatic carbocycles. The molecule has 33 heavy (non-hydrogen) atoms. The van der Waals surface area contributed by atoms with Crippen molar-refractivity contribution in [2.75, 3.05) is 11.9 Å². The van der Waals surface area contributed by atoms with Gasteiger partial charge in [0.1, 0.15) is 0 Å². The van der Waals surface area contributed by atoms with E-state index < -0.39 is 12.3 Å². The van der Waals surface area contributed by atoms with E-state index in [2.05, 4.69) is 15.4 Å². The van der Waals surface area contributed by atoms with Gasteiger partial charge in [0.05, 0.1) is 36.8 Å². The lowest BCUT2D eigenvalue weighted by Crippen LogP contribution is -2.25. The zero-order valence-corrected chi connectivity index (χ0v) is 18.2. The molecule has 5 rings (SSSR count). The minimum absolute atomic E-state index is 0.233. The normalized spacial score (nSPS) is 18.9. The number of para-hydroxylation sites is 2. The topological polar surface area (TPSA) is 114 Å². The van der Waals surface area contributed by atoms with E-state index >= 15 is 0 Å². The summed E-state index contributed by atoms with van der Waals surface area (Å²) in [6.45, 7) is 2.51. The third-order valence-corrected chi connectivity index (χ3v) is 5.75. The van der Waals surface area contributed by atoms with Crippen LogP contribution >= 0.6 is 0 Å². The predicted octanol–water partition coefficient (Wildman–Crippen LogP) is 2.20. The van der Waals surface area contributed by atoms with Gasteiger partial charge in [-0.2, -0.15) is 0 Å². The standard InChI is InChI=1S/C24H25N5O4/c1-15-11-21(31)29-13-16-5-4-6-17(12-16)22(32)26-24-25-19-7-2-3-8-20(19)28(24)14-18(30)9-10-33-23(15)27-29/h2-8,11-12,18,22,30,32H,9-10,13-14H2,1H3,(H,25,26). The van der Waals surface area contributed by atoms with E-state index in [0.29, 0.717) is 29.4 Å². The first kappa shape index (κ1) is 21.2. The Bertz CT molecular complexity index is 1360. The number of aryl methyl sites for hydroxylation is 1. The number of aliphatic hydroxyl groups is 2. The van der Waals surface area contributed by atoms with Crippen molar-refractivity contribution < 1.29 is 14.9 Å². The summed E-state index contributed by atoms with van der Waals surface area (Å²) in [6.07, 6.45) is -1.40. The summed E-state index contributed by atoms with van der Waals surface area (Å²) in [5.74, 6) is 0.820. The quantitative estimate of drug-likeness (QED) is 0.379. The highest BCUT2D eigenvalue weighted by molar-refractivity contribution is 5.78. The Hall–Kier alpha value is -3.69. The van der Waals surface area contributed by atoms with Crippen molar-refractivity contribution in [1.29, 1.82) is 0 Å². The molecule has 0 spiro atoms. The van der Waals surface area contributed by atoms with Crippen molar-refractivity contribution >= 4 is 17.0 Å². The zero-order valence-electron chi connectivity index (χ0n) is 18.2. The molecule has 2 aromatic heterocycles. The van der Waals surface area contributed by atoms with Crippen molar-refractivity contribution in [3.63, 3.8) is 0 Å². The van der Waals surface area contributed by atoms with Gasteiger partial charge in [0, 0.05) is 23.6 Å². The van der Waals surface area contributed by atoms with Crippen LogP contribution in [0.2, 0.25) is 0 Å². The van der Waals surface area contributed by atoms with Gasteiger partial charge in [-0.05, 0) is 30.7 Å². The van der Waals surface area contributed by atoms with Crippen LogP contribution in [0.5, 0.6) is 5.88 Å². The Kier molecular flexibility index (Phi) is 5.57. The third kappa shape index (κ3) is 4.33. The molecule has 9 heteroatoms. The number of nitrogens with one attached hydrogen (secondary N) is 1. The Morgan fingerprint density at radius 3 is 2.85 bits per heavy atom. The third-order valence-electron chi connectivity index (χ3n) is 5.75. The van der Waals surface area contributed by atoms with Gasteiger partial charge >= 0.3 is 0 Å². The maximum absolute atomic E-state index is 12.5. The maximum Gasteiger partial charge on any atom is 0.267 e. The van der Waals surface area contributed by atoms with Crippen LogP contribution in [-0.2, 0) is 13.1 Å². The monoisotopic (exact) mass is 447 g/mol. The largest absolute Gasteiger partial charge is 0.476 e. The summed E-state index contributed by atoms with van der Waals surface area (Å²) in [6, 6.07) is 16.4. The van der Waals surface area contributed by atoms with Crippen molar-refractivity contribution in [2.24, 2.45) is 0 Å². The van der Waals surface area contributed by atoms with Crippen LogP contribution < -0.4 is 15.6 Å².